The maximum Gasteiger partial charge on any atom is 0.338 e. The SMILES string of the molecule is CC(OC(=O)c1ccc(OCC(=O)N2C(C)CCCC2C)cc1)C(N)=O. The molecule has 1 heterocycles. The van der Waals surface area contributed by atoms with Crippen LogP contribution in [0.15, 0.2) is 24.3 Å². The molecule has 1 aromatic rings. The Morgan fingerprint density at radius 1 is 1.15 bits per heavy atom. The van der Waals surface area contributed by atoms with Crippen molar-refractivity contribution in [1.82, 2.24) is 4.90 Å². The molecule has 3 atom stereocenters. The molecule has 7 heteroatoms. The molecule has 1 fully saturated rings. The molecular formula is C19H26N2O5. The first-order valence-corrected chi connectivity index (χ1v) is 8.84. The van der Waals surface area contributed by atoms with Crippen LogP contribution in [0.5, 0.6) is 5.75 Å². The minimum absolute atomic E-state index is 0.0385. The normalized spacial score (nSPS) is 21.0. The maximum atomic E-state index is 12.4. The van der Waals surface area contributed by atoms with Crippen LogP contribution in [-0.2, 0) is 14.3 Å². The Hall–Kier alpha value is -2.57. The van der Waals surface area contributed by atoms with Gasteiger partial charge in [0.2, 0.25) is 0 Å². The van der Waals surface area contributed by atoms with Crippen molar-refractivity contribution in [3.8, 4) is 5.75 Å². The van der Waals surface area contributed by atoms with Crippen molar-refractivity contribution in [2.24, 2.45) is 5.73 Å². The number of primary amides is 1. The summed E-state index contributed by atoms with van der Waals surface area (Å²) < 4.78 is 10.5. The fraction of sp³-hybridized carbons (Fsp3) is 0.526. The Bertz CT molecular complexity index is 648. The summed E-state index contributed by atoms with van der Waals surface area (Å²) in [6, 6.07) is 6.65. The lowest BCUT2D eigenvalue weighted by atomic mass is 9.97. The van der Waals surface area contributed by atoms with Gasteiger partial charge in [-0.25, -0.2) is 4.79 Å². The number of nitrogens with two attached hydrogens (primary N) is 1. The van der Waals surface area contributed by atoms with Gasteiger partial charge >= 0.3 is 5.97 Å². The first-order chi connectivity index (χ1) is 12.3. The van der Waals surface area contributed by atoms with Crippen molar-refractivity contribution in [2.75, 3.05) is 6.61 Å². The summed E-state index contributed by atoms with van der Waals surface area (Å²) in [5.74, 6) is -0.911. The zero-order valence-corrected chi connectivity index (χ0v) is 15.4. The number of carbonyl (C=O) groups excluding carboxylic acids is 3. The van der Waals surface area contributed by atoms with E-state index in [9.17, 15) is 14.4 Å². The van der Waals surface area contributed by atoms with Crippen LogP contribution in [0, 0.1) is 0 Å². The van der Waals surface area contributed by atoms with E-state index in [0.717, 1.165) is 19.3 Å². The van der Waals surface area contributed by atoms with Crippen LogP contribution in [0.1, 0.15) is 50.4 Å². The second-order valence-electron chi connectivity index (χ2n) is 6.69. The van der Waals surface area contributed by atoms with Crippen molar-refractivity contribution in [3.63, 3.8) is 0 Å². The van der Waals surface area contributed by atoms with Gasteiger partial charge in [0, 0.05) is 12.1 Å². The van der Waals surface area contributed by atoms with Gasteiger partial charge in [-0.05, 0) is 64.3 Å². The summed E-state index contributed by atoms with van der Waals surface area (Å²) in [4.78, 5) is 37.1. The van der Waals surface area contributed by atoms with E-state index in [1.807, 2.05) is 4.90 Å². The van der Waals surface area contributed by atoms with Crippen LogP contribution >= 0.6 is 0 Å². The molecule has 2 rings (SSSR count). The van der Waals surface area contributed by atoms with Crippen molar-refractivity contribution >= 4 is 17.8 Å². The number of benzene rings is 1. The van der Waals surface area contributed by atoms with E-state index in [1.54, 1.807) is 12.1 Å². The topological polar surface area (TPSA) is 98.9 Å². The molecule has 0 spiro atoms. The highest BCUT2D eigenvalue weighted by Crippen LogP contribution is 2.23. The molecule has 3 unspecified atom stereocenters. The van der Waals surface area contributed by atoms with E-state index in [0.29, 0.717) is 5.75 Å². The number of likely N-dealkylation sites (tertiary alicyclic amines) is 1. The van der Waals surface area contributed by atoms with Gasteiger partial charge in [-0.3, -0.25) is 9.59 Å². The van der Waals surface area contributed by atoms with Crippen LogP contribution in [0.25, 0.3) is 0 Å². The minimum Gasteiger partial charge on any atom is -0.484 e. The third-order valence-corrected chi connectivity index (χ3v) is 4.62. The first-order valence-electron chi connectivity index (χ1n) is 8.84. The molecular weight excluding hydrogens is 336 g/mol. The lowest BCUT2D eigenvalue weighted by molar-refractivity contribution is -0.139. The van der Waals surface area contributed by atoms with E-state index in [2.05, 4.69) is 13.8 Å². The van der Waals surface area contributed by atoms with Gasteiger partial charge in [0.25, 0.3) is 11.8 Å². The average molecular weight is 362 g/mol. The summed E-state index contributed by atoms with van der Waals surface area (Å²) in [5.41, 5.74) is 5.34. The molecule has 0 radical (unpaired) electrons. The lowest BCUT2D eigenvalue weighted by Crippen LogP contribution is -2.49. The van der Waals surface area contributed by atoms with E-state index in [-0.39, 0.29) is 30.2 Å². The molecule has 7 nitrogen and oxygen atoms in total. The molecule has 2 amide bonds. The van der Waals surface area contributed by atoms with E-state index < -0.39 is 18.0 Å². The van der Waals surface area contributed by atoms with Gasteiger partial charge in [0.1, 0.15) is 5.75 Å². The van der Waals surface area contributed by atoms with Crippen molar-refractivity contribution in [3.05, 3.63) is 29.8 Å². The minimum atomic E-state index is -0.996. The number of ether oxygens (including phenoxy) is 2. The number of piperidine rings is 1. The Labute approximate surface area is 153 Å². The predicted molar refractivity (Wildman–Crippen MR) is 95.6 cm³/mol. The highest BCUT2D eigenvalue weighted by molar-refractivity contribution is 5.92. The number of hydrogen-bond acceptors (Lipinski definition) is 5. The molecule has 1 saturated heterocycles. The Kier molecular flexibility index (Phi) is 6.60. The van der Waals surface area contributed by atoms with Gasteiger partial charge in [-0.15, -0.1) is 0 Å². The summed E-state index contributed by atoms with van der Waals surface area (Å²) in [5, 5.41) is 0. The maximum absolute atomic E-state index is 12.4. The largest absolute Gasteiger partial charge is 0.484 e. The molecule has 0 saturated carbocycles. The van der Waals surface area contributed by atoms with Crippen LogP contribution in [0.4, 0.5) is 0 Å². The van der Waals surface area contributed by atoms with Crippen molar-refractivity contribution in [2.45, 2.75) is 58.2 Å². The Morgan fingerprint density at radius 3 is 2.27 bits per heavy atom. The Balaban J connectivity index is 1.90. The number of hydrogen-bond donors (Lipinski definition) is 1. The van der Waals surface area contributed by atoms with Gasteiger partial charge in [0.15, 0.2) is 12.7 Å². The second-order valence-corrected chi connectivity index (χ2v) is 6.69. The molecule has 26 heavy (non-hydrogen) atoms. The fourth-order valence-electron chi connectivity index (χ4n) is 3.11. The molecule has 0 aliphatic carbocycles. The predicted octanol–water partition coefficient (Wildman–Crippen LogP) is 1.89. The van der Waals surface area contributed by atoms with Gasteiger partial charge in [0.05, 0.1) is 5.56 Å². The summed E-state index contributed by atoms with van der Waals surface area (Å²) >= 11 is 0. The number of amides is 2. The summed E-state index contributed by atoms with van der Waals surface area (Å²) in [7, 11) is 0. The van der Waals surface area contributed by atoms with Crippen LogP contribution < -0.4 is 10.5 Å². The number of rotatable bonds is 6. The zero-order chi connectivity index (χ0) is 19.3. The fourth-order valence-corrected chi connectivity index (χ4v) is 3.11. The standard InChI is InChI=1S/C19H26N2O5/c1-12-5-4-6-13(2)21(12)17(22)11-25-16-9-7-15(8-10-16)19(24)26-14(3)18(20)23/h7-10,12-14H,4-6,11H2,1-3H3,(H2,20,23). The molecule has 142 valence electrons. The van der Waals surface area contributed by atoms with Crippen LogP contribution in [0.2, 0.25) is 0 Å². The highest BCUT2D eigenvalue weighted by atomic mass is 16.5. The quantitative estimate of drug-likeness (QED) is 0.779. The second kappa shape index (κ2) is 8.69. The van der Waals surface area contributed by atoms with Gasteiger partial charge in [-0.1, -0.05) is 0 Å². The zero-order valence-electron chi connectivity index (χ0n) is 15.4. The molecule has 1 aliphatic rings. The third-order valence-electron chi connectivity index (χ3n) is 4.62. The van der Waals surface area contributed by atoms with E-state index in [1.165, 1.54) is 19.1 Å². The van der Waals surface area contributed by atoms with E-state index in [4.69, 9.17) is 15.2 Å². The van der Waals surface area contributed by atoms with E-state index >= 15 is 0 Å². The third kappa shape index (κ3) is 4.97. The monoisotopic (exact) mass is 362 g/mol. The molecule has 1 aliphatic heterocycles. The smallest absolute Gasteiger partial charge is 0.338 e. The number of carbonyl (C=O) groups is 3. The number of esters is 1. The molecule has 1 aromatic carbocycles. The number of nitrogens with zero attached hydrogens (tertiary/aromatic N) is 1. The lowest BCUT2D eigenvalue weighted by Gasteiger charge is -2.38. The van der Waals surface area contributed by atoms with Crippen LogP contribution in [0.3, 0.4) is 0 Å². The summed E-state index contributed by atoms with van der Waals surface area (Å²) in [6.45, 7) is 5.48. The first kappa shape index (κ1) is 19.8. The highest BCUT2D eigenvalue weighted by Gasteiger charge is 2.29. The van der Waals surface area contributed by atoms with Crippen molar-refractivity contribution in [1.29, 1.82) is 0 Å². The van der Waals surface area contributed by atoms with Gasteiger partial charge < -0.3 is 20.1 Å². The molecule has 0 aromatic heterocycles. The summed E-state index contributed by atoms with van der Waals surface area (Å²) in [6.07, 6.45) is 2.16. The van der Waals surface area contributed by atoms with Gasteiger partial charge in [-0.2, -0.15) is 0 Å². The van der Waals surface area contributed by atoms with Crippen LogP contribution in [-0.4, -0.2) is 47.5 Å². The molecule has 0 bridgehead atoms. The average Bonchev–Trinajstić information content (AvgIpc) is 2.60. The Morgan fingerprint density at radius 2 is 1.73 bits per heavy atom. The molecule has 2 N–H and O–H groups in total. The van der Waals surface area contributed by atoms with Crippen molar-refractivity contribution < 1.29 is 23.9 Å².